The predicted octanol–water partition coefficient (Wildman–Crippen LogP) is 4.21. The highest BCUT2D eigenvalue weighted by Gasteiger charge is 2.64. The molecular formula is C24H18FN3O. The lowest BCUT2D eigenvalue weighted by atomic mass is 9.69. The summed E-state index contributed by atoms with van der Waals surface area (Å²) in [5, 5.41) is 20.5. The van der Waals surface area contributed by atoms with E-state index < -0.39 is 23.4 Å². The highest BCUT2D eigenvalue weighted by molar-refractivity contribution is 5.95. The zero-order valence-electron chi connectivity index (χ0n) is 15.6. The van der Waals surface area contributed by atoms with Crippen LogP contribution in [-0.2, 0) is 4.79 Å². The SMILES string of the molecule is N#CC1(C#N)[C@H](c2ccc(F)cc2)[C@H](C(=O)C2CC2)N2c3ccccc3C=C[C@H]21. The van der Waals surface area contributed by atoms with Crippen LogP contribution in [0.1, 0.15) is 29.9 Å². The van der Waals surface area contributed by atoms with Crippen molar-refractivity contribution < 1.29 is 9.18 Å². The Hall–Kier alpha value is -3.44. The van der Waals surface area contributed by atoms with E-state index in [1.54, 1.807) is 12.1 Å². The van der Waals surface area contributed by atoms with Gasteiger partial charge in [-0.15, -0.1) is 0 Å². The van der Waals surface area contributed by atoms with E-state index >= 15 is 0 Å². The lowest BCUT2D eigenvalue weighted by molar-refractivity contribution is -0.121. The first-order valence-corrected chi connectivity index (χ1v) is 9.78. The van der Waals surface area contributed by atoms with E-state index in [1.807, 2.05) is 41.3 Å². The number of fused-ring (bicyclic) bond motifs is 3. The quantitative estimate of drug-likeness (QED) is 0.796. The predicted molar refractivity (Wildman–Crippen MR) is 106 cm³/mol. The number of carbonyl (C=O) groups excluding carboxylic acids is 1. The zero-order chi connectivity index (χ0) is 20.2. The molecule has 2 aliphatic heterocycles. The number of anilines is 1. The first-order valence-electron chi connectivity index (χ1n) is 9.78. The van der Waals surface area contributed by atoms with Crippen molar-refractivity contribution in [3.05, 3.63) is 71.6 Å². The fourth-order valence-electron chi connectivity index (χ4n) is 4.91. The molecule has 2 heterocycles. The van der Waals surface area contributed by atoms with E-state index in [2.05, 4.69) is 12.1 Å². The number of hydrogen-bond acceptors (Lipinski definition) is 4. The summed E-state index contributed by atoms with van der Waals surface area (Å²) in [7, 11) is 0. The van der Waals surface area contributed by atoms with Crippen LogP contribution in [0.5, 0.6) is 0 Å². The second-order valence-corrected chi connectivity index (χ2v) is 8.01. The molecule has 0 aromatic heterocycles. The molecule has 3 aliphatic rings. The number of Topliss-reactive ketones (excluding diaryl/α,β-unsaturated/α-hetero) is 1. The summed E-state index contributed by atoms with van der Waals surface area (Å²) >= 11 is 0. The van der Waals surface area contributed by atoms with E-state index in [-0.39, 0.29) is 17.5 Å². The van der Waals surface area contributed by atoms with Gasteiger partial charge >= 0.3 is 0 Å². The van der Waals surface area contributed by atoms with Crippen molar-refractivity contribution in [1.29, 1.82) is 10.5 Å². The van der Waals surface area contributed by atoms with Gasteiger partial charge in [0.25, 0.3) is 0 Å². The molecule has 142 valence electrons. The molecule has 0 spiro atoms. The summed E-state index contributed by atoms with van der Waals surface area (Å²) in [5.41, 5.74) is 1.02. The van der Waals surface area contributed by atoms with Crippen molar-refractivity contribution in [2.75, 3.05) is 4.90 Å². The summed E-state index contributed by atoms with van der Waals surface area (Å²) in [4.78, 5) is 15.5. The average molecular weight is 383 g/mol. The maximum absolute atomic E-state index is 13.6. The largest absolute Gasteiger partial charge is 0.351 e. The Balaban J connectivity index is 1.76. The molecule has 0 N–H and O–H groups in total. The maximum Gasteiger partial charge on any atom is 0.176 e. The summed E-state index contributed by atoms with van der Waals surface area (Å²) in [6.45, 7) is 0. The Morgan fingerprint density at radius 3 is 2.41 bits per heavy atom. The highest BCUT2D eigenvalue weighted by atomic mass is 19.1. The third kappa shape index (κ3) is 2.44. The van der Waals surface area contributed by atoms with Gasteiger partial charge in [0.05, 0.1) is 24.2 Å². The van der Waals surface area contributed by atoms with Crippen molar-refractivity contribution >= 4 is 17.5 Å². The van der Waals surface area contributed by atoms with Crippen LogP contribution in [0.15, 0.2) is 54.6 Å². The molecule has 2 aromatic rings. The standard InChI is InChI=1S/C24H18FN3O/c25-18-10-7-16(8-11-18)21-22(23(29)17-5-6-17)28-19-4-2-1-3-15(19)9-12-20(28)24(21,13-26)14-27/h1-4,7-12,17,20-22H,5-6H2/t20-,21+,22+/m0/s1. The van der Waals surface area contributed by atoms with Gasteiger partial charge in [0, 0.05) is 17.5 Å². The average Bonchev–Trinajstić information content (AvgIpc) is 3.56. The second kappa shape index (κ2) is 6.29. The molecule has 2 aromatic carbocycles. The Morgan fingerprint density at radius 1 is 1.07 bits per heavy atom. The molecular weight excluding hydrogens is 365 g/mol. The Labute approximate surface area is 168 Å². The van der Waals surface area contributed by atoms with Crippen molar-refractivity contribution in [3.63, 3.8) is 0 Å². The van der Waals surface area contributed by atoms with Crippen molar-refractivity contribution in [3.8, 4) is 12.1 Å². The highest BCUT2D eigenvalue weighted by Crippen LogP contribution is 2.56. The first kappa shape index (κ1) is 17.6. The minimum Gasteiger partial charge on any atom is -0.351 e. The van der Waals surface area contributed by atoms with Crippen LogP contribution < -0.4 is 4.90 Å². The van der Waals surface area contributed by atoms with Gasteiger partial charge < -0.3 is 4.90 Å². The van der Waals surface area contributed by atoms with E-state index in [1.165, 1.54) is 12.1 Å². The second-order valence-electron chi connectivity index (χ2n) is 8.01. The fraction of sp³-hybridized carbons (Fsp3) is 0.292. The number of halogens is 1. The molecule has 2 fully saturated rings. The van der Waals surface area contributed by atoms with Gasteiger partial charge in [-0.25, -0.2) is 4.39 Å². The molecule has 1 saturated carbocycles. The van der Waals surface area contributed by atoms with Crippen LogP contribution in [-0.4, -0.2) is 17.9 Å². The van der Waals surface area contributed by atoms with Gasteiger partial charge in [-0.3, -0.25) is 4.79 Å². The third-order valence-corrected chi connectivity index (χ3v) is 6.42. The number of carbonyl (C=O) groups is 1. The summed E-state index contributed by atoms with van der Waals surface area (Å²) < 4.78 is 13.6. The smallest absolute Gasteiger partial charge is 0.176 e. The number of rotatable bonds is 3. The van der Waals surface area contributed by atoms with Crippen LogP contribution in [0, 0.1) is 39.8 Å². The van der Waals surface area contributed by atoms with E-state index in [0.29, 0.717) is 5.56 Å². The van der Waals surface area contributed by atoms with Gasteiger partial charge in [0.15, 0.2) is 11.2 Å². The molecule has 0 radical (unpaired) electrons. The summed E-state index contributed by atoms with van der Waals surface area (Å²) in [6.07, 6.45) is 5.47. The lowest BCUT2D eigenvalue weighted by Crippen LogP contribution is -2.44. The molecule has 4 nitrogen and oxygen atoms in total. The number of nitriles is 2. The minimum atomic E-state index is -1.45. The summed E-state index contributed by atoms with van der Waals surface area (Å²) in [5.74, 6) is -1.01. The van der Waals surface area contributed by atoms with Gasteiger partial charge in [0.2, 0.25) is 0 Å². The molecule has 0 amide bonds. The first-order chi connectivity index (χ1) is 14.1. The van der Waals surface area contributed by atoms with Crippen LogP contribution in [0.25, 0.3) is 6.08 Å². The summed E-state index contributed by atoms with van der Waals surface area (Å²) in [6, 6.07) is 16.9. The Bertz CT molecular complexity index is 1090. The molecule has 1 aliphatic carbocycles. The number of ketones is 1. The van der Waals surface area contributed by atoms with Crippen LogP contribution >= 0.6 is 0 Å². The molecule has 5 rings (SSSR count). The zero-order valence-corrected chi connectivity index (χ0v) is 15.6. The topological polar surface area (TPSA) is 67.9 Å². The molecule has 3 atom stereocenters. The molecule has 0 unspecified atom stereocenters. The van der Waals surface area contributed by atoms with Crippen molar-refractivity contribution in [1.82, 2.24) is 0 Å². The van der Waals surface area contributed by atoms with E-state index in [9.17, 15) is 19.7 Å². The molecule has 0 bridgehead atoms. The van der Waals surface area contributed by atoms with Gasteiger partial charge in [-0.2, -0.15) is 10.5 Å². The third-order valence-electron chi connectivity index (χ3n) is 6.42. The van der Waals surface area contributed by atoms with Crippen molar-refractivity contribution in [2.24, 2.45) is 11.3 Å². The maximum atomic E-state index is 13.6. The van der Waals surface area contributed by atoms with Crippen LogP contribution in [0.4, 0.5) is 10.1 Å². The number of nitrogens with zero attached hydrogens (tertiary/aromatic N) is 3. The van der Waals surface area contributed by atoms with E-state index in [0.717, 1.165) is 24.1 Å². The molecule has 29 heavy (non-hydrogen) atoms. The normalized spacial score (nSPS) is 26.2. The number of para-hydroxylation sites is 1. The Kier molecular flexibility index (Phi) is 3.83. The van der Waals surface area contributed by atoms with Crippen molar-refractivity contribution in [2.45, 2.75) is 30.8 Å². The monoisotopic (exact) mass is 383 g/mol. The van der Waals surface area contributed by atoms with Crippen LogP contribution in [0.2, 0.25) is 0 Å². The van der Waals surface area contributed by atoms with Crippen LogP contribution in [0.3, 0.4) is 0 Å². The van der Waals surface area contributed by atoms with Gasteiger partial charge in [-0.05, 0) is 42.2 Å². The number of hydrogen-bond donors (Lipinski definition) is 0. The minimum absolute atomic E-state index is 0.0325. The van der Waals surface area contributed by atoms with Gasteiger partial charge in [-0.1, -0.05) is 42.5 Å². The Morgan fingerprint density at radius 2 is 1.76 bits per heavy atom. The molecule has 1 saturated heterocycles. The lowest BCUT2D eigenvalue weighted by Gasteiger charge is -2.35. The fourth-order valence-corrected chi connectivity index (χ4v) is 4.91. The van der Waals surface area contributed by atoms with Gasteiger partial charge in [0.1, 0.15) is 5.82 Å². The number of benzene rings is 2. The molecule has 5 heteroatoms. The van der Waals surface area contributed by atoms with E-state index in [4.69, 9.17) is 0 Å².